The highest BCUT2D eigenvalue weighted by molar-refractivity contribution is 5.84. The quantitative estimate of drug-likeness (QED) is 0.833. The van der Waals surface area contributed by atoms with Crippen LogP contribution in [0.4, 0.5) is 5.69 Å². The molecule has 0 saturated heterocycles. The van der Waals surface area contributed by atoms with Crippen LogP contribution >= 0.6 is 0 Å². The predicted octanol–water partition coefficient (Wildman–Crippen LogP) is 2.97. The Hall–Kier alpha value is -2.89. The van der Waals surface area contributed by atoms with Gasteiger partial charge in [0.05, 0.1) is 20.3 Å². The lowest BCUT2D eigenvalue weighted by Gasteiger charge is -2.17. The fraction of sp³-hybridized carbons (Fsp3) is 0.350. The lowest BCUT2D eigenvalue weighted by Crippen LogP contribution is -2.37. The Labute approximate surface area is 153 Å². The zero-order valence-corrected chi connectivity index (χ0v) is 15.1. The highest BCUT2D eigenvalue weighted by Gasteiger charge is 2.15. The average Bonchev–Trinajstić information content (AvgIpc) is 2.91. The van der Waals surface area contributed by atoms with E-state index in [1.165, 1.54) is 0 Å². The topological polar surface area (TPSA) is 68.8 Å². The van der Waals surface area contributed by atoms with Crippen LogP contribution in [0.3, 0.4) is 0 Å². The van der Waals surface area contributed by atoms with Crippen molar-refractivity contribution in [2.24, 2.45) is 0 Å². The Bertz CT molecular complexity index is 746. The van der Waals surface area contributed by atoms with E-state index in [1.807, 2.05) is 49.4 Å². The lowest BCUT2D eigenvalue weighted by molar-refractivity contribution is -0.121. The maximum atomic E-state index is 12.3. The molecule has 6 nitrogen and oxygen atoms in total. The molecule has 1 atom stereocenters. The van der Waals surface area contributed by atoms with Crippen molar-refractivity contribution in [3.05, 3.63) is 48.0 Å². The second kappa shape index (κ2) is 8.47. The van der Waals surface area contributed by atoms with E-state index in [0.29, 0.717) is 25.5 Å². The number of nitrogens with one attached hydrogen (secondary N) is 2. The van der Waals surface area contributed by atoms with Crippen molar-refractivity contribution >= 4 is 11.6 Å². The van der Waals surface area contributed by atoms with Gasteiger partial charge in [-0.3, -0.25) is 4.79 Å². The van der Waals surface area contributed by atoms with Gasteiger partial charge in [-0.1, -0.05) is 12.1 Å². The summed E-state index contributed by atoms with van der Waals surface area (Å²) in [6, 6.07) is 12.9. The van der Waals surface area contributed by atoms with Gasteiger partial charge in [0.2, 0.25) is 5.91 Å². The molecule has 1 amide bonds. The molecule has 0 bridgehead atoms. The standard InChI is InChI=1S/C20H24N2O4/c1-14(20(23)21-13-15-4-7-17(24-2)8-5-15)22-16-6-9-18-19(12-16)26-11-3-10-25-18/h4-9,12,14,22H,3,10-11,13H2,1-2H3,(H,21,23)/t14-/m1/s1. The Morgan fingerprint density at radius 2 is 1.85 bits per heavy atom. The average molecular weight is 356 g/mol. The van der Waals surface area contributed by atoms with Crippen LogP contribution in [0, 0.1) is 0 Å². The fourth-order valence-corrected chi connectivity index (χ4v) is 2.65. The first-order valence-corrected chi connectivity index (χ1v) is 8.72. The zero-order valence-electron chi connectivity index (χ0n) is 15.1. The first-order chi connectivity index (χ1) is 12.7. The van der Waals surface area contributed by atoms with Crippen LogP contribution < -0.4 is 24.8 Å². The number of anilines is 1. The molecule has 138 valence electrons. The summed E-state index contributed by atoms with van der Waals surface area (Å²) in [7, 11) is 1.63. The third-order valence-electron chi connectivity index (χ3n) is 4.15. The molecule has 0 saturated carbocycles. The molecule has 0 aromatic heterocycles. The SMILES string of the molecule is COc1ccc(CNC(=O)[C@@H](C)Nc2ccc3c(c2)OCCCO3)cc1. The summed E-state index contributed by atoms with van der Waals surface area (Å²) in [5.74, 6) is 2.17. The molecule has 2 aromatic carbocycles. The van der Waals surface area contributed by atoms with Crippen LogP contribution in [0.2, 0.25) is 0 Å². The molecule has 3 rings (SSSR count). The maximum absolute atomic E-state index is 12.3. The van der Waals surface area contributed by atoms with E-state index in [4.69, 9.17) is 14.2 Å². The molecule has 0 radical (unpaired) electrons. The summed E-state index contributed by atoms with van der Waals surface area (Å²) in [5, 5.41) is 6.13. The second-order valence-corrected chi connectivity index (χ2v) is 6.14. The van der Waals surface area contributed by atoms with E-state index in [-0.39, 0.29) is 11.9 Å². The third-order valence-corrected chi connectivity index (χ3v) is 4.15. The van der Waals surface area contributed by atoms with Crippen molar-refractivity contribution in [2.75, 3.05) is 25.6 Å². The Morgan fingerprint density at radius 3 is 2.58 bits per heavy atom. The molecule has 0 spiro atoms. The summed E-state index contributed by atoms with van der Waals surface area (Å²) >= 11 is 0. The zero-order chi connectivity index (χ0) is 18.4. The Kier molecular flexibility index (Phi) is 5.84. The van der Waals surface area contributed by atoms with Crippen molar-refractivity contribution in [3.8, 4) is 17.2 Å². The minimum absolute atomic E-state index is 0.0760. The molecule has 1 aliphatic heterocycles. The maximum Gasteiger partial charge on any atom is 0.242 e. The van der Waals surface area contributed by atoms with E-state index in [0.717, 1.165) is 29.2 Å². The number of carbonyl (C=O) groups excluding carboxylic acids is 1. The summed E-state index contributed by atoms with van der Waals surface area (Å²) in [4.78, 5) is 12.3. The van der Waals surface area contributed by atoms with Crippen molar-refractivity contribution in [1.29, 1.82) is 0 Å². The molecule has 0 unspecified atom stereocenters. The van der Waals surface area contributed by atoms with Crippen LogP contribution in [0.25, 0.3) is 0 Å². The highest BCUT2D eigenvalue weighted by atomic mass is 16.5. The molecule has 0 aliphatic carbocycles. The Balaban J connectivity index is 1.54. The molecular weight excluding hydrogens is 332 g/mol. The molecule has 26 heavy (non-hydrogen) atoms. The smallest absolute Gasteiger partial charge is 0.242 e. The van der Waals surface area contributed by atoms with Gasteiger partial charge in [0.15, 0.2) is 11.5 Å². The van der Waals surface area contributed by atoms with Crippen LogP contribution in [0.15, 0.2) is 42.5 Å². The molecule has 0 fully saturated rings. The van der Waals surface area contributed by atoms with Crippen molar-refractivity contribution in [3.63, 3.8) is 0 Å². The molecule has 1 heterocycles. The molecule has 1 aliphatic rings. The van der Waals surface area contributed by atoms with Crippen LogP contribution in [-0.4, -0.2) is 32.3 Å². The van der Waals surface area contributed by atoms with Gasteiger partial charge in [-0.25, -0.2) is 0 Å². The highest BCUT2D eigenvalue weighted by Crippen LogP contribution is 2.32. The number of hydrogen-bond acceptors (Lipinski definition) is 5. The van der Waals surface area contributed by atoms with E-state index < -0.39 is 0 Å². The van der Waals surface area contributed by atoms with Gasteiger partial charge in [-0.2, -0.15) is 0 Å². The number of hydrogen-bond donors (Lipinski definition) is 2. The largest absolute Gasteiger partial charge is 0.497 e. The van der Waals surface area contributed by atoms with Crippen LogP contribution in [0.1, 0.15) is 18.9 Å². The second-order valence-electron chi connectivity index (χ2n) is 6.14. The fourth-order valence-electron chi connectivity index (χ4n) is 2.65. The number of methoxy groups -OCH3 is 1. The predicted molar refractivity (Wildman–Crippen MR) is 100.0 cm³/mol. The van der Waals surface area contributed by atoms with Gasteiger partial charge in [-0.15, -0.1) is 0 Å². The summed E-state index contributed by atoms with van der Waals surface area (Å²) in [6.45, 7) is 3.58. The van der Waals surface area contributed by atoms with Gasteiger partial charge >= 0.3 is 0 Å². The first kappa shape index (κ1) is 17.9. The summed E-state index contributed by atoms with van der Waals surface area (Å²) in [6.07, 6.45) is 0.863. The molecule has 2 N–H and O–H groups in total. The first-order valence-electron chi connectivity index (χ1n) is 8.72. The lowest BCUT2D eigenvalue weighted by atomic mass is 10.2. The van der Waals surface area contributed by atoms with Gasteiger partial charge in [0.25, 0.3) is 0 Å². The van der Waals surface area contributed by atoms with E-state index in [2.05, 4.69) is 10.6 Å². The number of amides is 1. The van der Waals surface area contributed by atoms with Crippen molar-refractivity contribution in [1.82, 2.24) is 5.32 Å². The summed E-state index contributed by atoms with van der Waals surface area (Å²) in [5.41, 5.74) is 1.84. The number of rotatable bonds is 6. The van der Waals surface area contributed by atoms with E-state index in [1.54, 1.807) is 7.11 Å². The minimum Gasteiger partial charge on any atom is -0.497 e. The van der Waals surface area contributed by atoms with Gasteiger partial charge in [0, 0.05) is 24.7 Å². The third kappa shape index (κ3) is 4.59. The minimum atomic E-state index is -0.377. The van der Waals surface area contributed by atoms with Crippen LogP contribution in [-0.2, 0) is 11.3 Å². The molecular formula is C20H24N2O4. The van der Waals surface area contributed by atoms with Gasteiger partial charge < -0.3 is 24.8 Å². The van der Waals surface area contributed by atoms with E-state index in [9.17, 15) is 4.79 Å². The molecule has 6 heteroatoms. The normalized spacial score (nSPS) is 14.1. The number of benzene rings is 2. The van der Waals surface area contributed by atoms with E-state index >= 15 is 0 Å². The Morgan fingerprint density at radius 1 is 1.12 bits per heavy atom. The van der Waals surface area contributed by atoms with Crippen LogP contribution in [0.5, 0.6) is 17.2 Å². The van der Waals surface area contributed by atoms with Crippen molar-refractivity contribution in [2.45, 2.75) is 25.9 Å². The number of carbonyl (C=O) groups is 1. The van der Waals surface area contributed by atoms with Gasteiger partial charge in [0.1, 0.15) is 11.8 Å². The molecule has 2 aromatic rings. The monoisotopic (exact) mass is 356 g/mol. The summed E-state index contributed by atoms with van der Waals surface area (Å²) < 4.78 is 16.4. The van der Waals surface area contributed by atoms with Gasteiger partial charge in [-0.05, 0) is 36.8 Å². The number of ether oxygens (including phenoxy) is 3. The number of fused-ring (bicyclic) bond motifs is 1. The van der Waals surface area contributed by atoms with Crippen molar-refractivity contribution < 1.29 is 19.0 Å².